The largest absolute Gasteiger partial charge is 0.378 e. The summed E-state index contributed by atoms with van der Waals surface area (Å²) in [7, 11) is 0. The summed E-state index contributed by atoms with van der Waals surface area (Å²) in [6.07, 6.45) is 2.60. The second kappa shape index (κ2) is 8.33. The number of rotatable bonds is 4. The Morgan fingerprint density at radius 1 is 1.28 bits per heavy atom. The maximum absolute atomic E-state index is 14.2. The van der Waals surface area contributed by atoms with Crippen LogP contribution in [0.2, 0.25) is 5.02 Å². The molecule has 4 aromatic rings. The Bertz CT molecular complexity index is 1320. The predicted molar refractivity (Wildman–Crippen MR) is 119 cm³/mol. The number of nitrogens with zero attached hydrogens (tertiary/aromatic N) is 4. The third-order valence-corrected chi connectivity index (χ3v) is 5.86. The second-order valence-electron chi connectivity index (χ2n) is 7.59. The molecule has 1 aromatic carbocycles. The topological polar surface area (TPSA) is 96.0 Å². The van der Waals surface area contributed by atoms with Gasteiger partial charge in [0.05, 0.1) is 35.4 Å². The van der Waals surface area contributed by atoms with E-state index in [1.807, 2.05) is 25.1 Å². The van der Waals surface area contributed by atoms with Crippen molar-refractivity contribution in [3.63, 3.8) is 0 Å². The molecule has 3 aromatic heterocycles. The fourth-order valence-electron chi connectivity index (χ4n) is 3.89. The van der Waals surface area contributed by atoms with E-state index in [-0.39, 0.29) is 17.3 Å². The van der Waals surface area contributed by atoms with Crippen LogP contribution in [0.4, 0.5) is 10.2 Å². The Labute approximate surface area is 187 Å². The predicted octanol–water partition coefficient (Wildman–Crippen LogP) is 3.94. The summed E-state index contributed by atoms with van der Waals surface area (Å²) in [6.45, 7) is 3.84. The standard InChI is InChI=1S/C22H20ClFN6O2/c1-12(28-21-18-15(24)10-25-20(18)26-11-27-21)16-9-13-3-2-4-14(23)17(13)19(29-16)22(31)30-5-7-32-8-6-30/h2-4,9-12H,5-8H2,1H3,(H2,25,26,27,28). The molecule has 4 heterocycles. The fourth-order valence-corrected chi connectivity index (χ4v) is 4.17. The molecule has 1 aliphatic rings. The van der Waals surface area contributed by atoms with Gasteiger partial charge >= 0.3 is 0 Å². The third-order valence-electron chi connectivity index (χ3n) is 5.55. The molecule has 1 saturated heterocycles. The highest BCUT2D eigenvalue weighted by Gasteiger charge is 2.25. The highest BCUT2D eigenvalue weighted by atomic mass is 35.5. The first kappa shape index (κ1) is 20.6. The SMILES string of the molecule is CC(Nc1ncnc2[nH]cc(F)c12)c1cc2cccc(Cl)c2c(C(=O)N2CCOCC2)n1. The van der Waals surface area contributed by atoms with Crippen LogP contribution in [-0.2, 0) is 4.74 Å². The number of fused-ring (bicyclic) bond motifs is 2. The number of amides is 1. The van der Waals surface area contributed by atoms with E-state index in [4.69, 9.17) is 21.3 Å². The maximum Gasteiger partial charge on any atom is 0.273 e. The molecule has 0 spiro atoms. The Morgan fingerprint density at radius 2 is 2.09 bits per heavy atom. The molecule has 32 heavy (non-hydrogen) atoms. The molecule has 1 unspecified atom stereocenters. The fraction of sp³-hybridized carbons (Fsp3) is 0.273. The number of benzene rings is 1. The minimum atomic E-state index is -0.447. The number of aromatic nitrogens is 4. The van der Waals surface area contributed by atoms with Gasteiger partial charge in [0.25, 0.3) is 5.91 Å². The number of anilines is 1. The molecule has 5 rings (SSSR count). The van der Waals surface area contributed by atoms with Gasteiger partial charge in [0.15, 0.2) is 5.82 Å². The van der Waals surface area contributed by atoms with Crippen LogP contribution >= 0.6 is 11.6 Å². The van der Waals surface area contributed by atoms with Crippen molar-refractivity contribution in [2.45, 2.75) is 13.0 Å². The first-order valence-corrected chi connectivity index (χ1v) is 10.6. The summed E-state index contributed by atoms with van der Waals surface area (Å²) in [5.74, 6) is -0.298. The molecule has 1 fully saturated rings. The molecular weight excluding hydrogens is 435 g/mol. The van der Waals surface area contributed by atoms with Gasteiger partial charge in [-0.15, -0.1) is 0 Å². The van der Waals surface area contributed by atoms with E-state index in [1.165, 1.54) is 12.5 Å². The molecule has 0 radical (unpaired) electrons. The number of halogens is 2. The monoisotopic (exact) mass is 454 g/mol. The first-order valence-electron chi connectivity index (χ1n) is 10.2. The molecule has 1 aliphatic heterocycles. The number of nitrogens with one attached hydrogen (secondary N) is 2. The second-order valence-corrected chi connectivity index (χ2v) is 7.99. The van der Waals surface area contributed by atoms with Crippen molar-refractivity contribution < 1.29 is 13.9 Å². The van der Waals surface area contributed by atoms with Crippen molar-refractivity contribution in [3.8, 4) is 0 Å². The highest BCUT2D eigenvalue weighted by Crippen LogP contribution is 2.31. The minimum absolute atomic E-state index is 0.193. The number of hydrogen-bond donors (Lipinski definition) is 2. The Balaban J connectivity index is 1.56. The number of carbonyl (C=O) groups is 1. The molecule has 0 aliphatic carbocycles. The van der Waals surface area contributed by atoms with E-state index < -0.39 is 5.82 Å². The highest BCUT2D eigenvalue weighted by molar-refractivity contribution is 6.36. The van der Waals surface area contributed by atoms with Crippen molar-refractivity contribution >= 4 is 45.1 Å². The van der Waals surface area contributed by atoms with Gasteiger partial charge in [-0.1, -0.05) is 23.7 Å². The lowest BCUT2D eigenvalue weighted by atomic mass is 10.0. The lowest BCUT2D eigenvalue weighted by Crippen LogP contribution is -2.41. The molecule has 0 saturated carbocycles. The first-order chi connectivity index (χ1) is 15.5. The van der Waals surface area contributed by atoms with Crippen molar-refractivity contribution in [1.29, 1.82) is 0 Å². The van der Waals surface area contributed by atoms with Gasteiger partial charge in [-0.3, -0.25) is 4.79 Å². The van der Waals surface area contributed by atoms with Crippen molar-refractivity contribution in [3.05, 3.63) is 59.0 Å². The van der Waals surface area contributed by atoms with Crippen LogP contribution in [0.3, 0.4) is 0 Å². The molecule has 10 heteroatoms. The van der Waals surface area contributed by atoms with Gasteiger partial charge in [-0.05, 0) is 24.4 Å². The zero-order chi connectivity index (χ0) is 22.2. The van der Waals surface area contributed by atoms with Gasteiger partial charge in [-0.25, -0.2) is 19.3 Å². The Hall–Kier alpha value is -3.30. The Morgan fingerprint density at radius 3 is 2.91 bits per heavy atom. The van der Waals surface area contributed by atoms with Crippen LogP contribution in [0.15, 0.2) is 36.8 Å². The number of morpholine rings is 1. The summed E-state index contributed by atoms with van der Waals surface area (Å²) in [4.78, 5) is 30.8. The van der Waals surface area contributed by atoms with Crippen molar-refractivity contribution in [2.24, 2.45) is 0 Å². The molecule has 164 valence electrons. The smallest absolute Gasteiger partial charge is 0.273 e. The lowest BCUT2D eigenvalue weighted by Gasteiger charge is -2.27. The number of aromatic amines is 1. The summed E-state index contributed by atoms with van der Waals surface area (Å²) < 4.78 is 19.6. The van der Waals surface area contributed by atoms with E-state index in [0.29, 0.717) is 59.6 Å². The molecule has 8 nitrogen and oxygen atoms in total. The molecule has 0 bridgehead atoms. The number of hydrogen-bond acceptors (Lipinski definition) is 6. The zero-order valence-electron chi connectivity index (χ0n) is 17.2. The number of carbonyl (C=O) groups excluding carboxylic acids is 1. The maximum atomic E-state index is 14.2. The lowest BCUT2D eigenvalue weighted by molar-refractivity contribution is 0.0300. The summed E-state index contributed by atoms with van der Waals surface area (Å²) in [5.41, 5.74) is 1.30. The van der Waals surface area contributed by atoms with E-state index in [1.54, 1.807) is 11.0 Å². The zero-order valence-corrected chi connectivity index (χ0v) is 18.0. The molecular formula is C22H20ClFN6O2. The third kappa shape index (κ3) is 3.63. The van der Waals surface area contributed by atoms with Gasteiger partial charge in [0, 0.05) is 24.7 Å². The molecule has 1 amide bonds. The van der Waals surface area contributed by atoms with E-state index in [9.17, 15) is 9.18 Å². The Kier molecular flexibility index (Phi) is 5.36. The average molecular weight is 455 g/mol. The number of pyridine rings is 1. The van der Waals surface area contributed by atoms with Gasteiger partial charge < -0.3 is 19.9 Å². The van der Waals surface area contributed by atoms with E-state index in [2.05, 4.69) is 20.3 Å². The summed E-state index contributed by atoms with van der Waals surface area (Å²) >= 11 is 6.46. The van der Waals surface area contributed by atoms with Crippen LogP contribution in [0, 0.1) is 5.82 Å². The minimum Gasteiger partial charge on any atom is -0.378 e. The van der Waals surface area contributed by atoms with Crippen molar-refractivity contribution in [1.82, 2.24) is 24.8 Å². The molecule has 2 N–H and O–H groups in total. The van der Waals surface area contributed by atoms with Gasteiger partial charge in [0.2, 0.25) is 0 Å². The van der Waals surface area contributed by atoms with Gasteiger partial charge in [-0.2, -0.15) is 0 Å². The van der Waals surface area contributed by atoms with E-state index in [0.717, 1.165) is 5.39 Å². The van der Waals surface area contributed by atoms with Crippen LogP contribution in [0.5, 0.6) is 0 Å². The van der Waals surface area contributed by atoms with Gasteiger partial charge in [0.1, 0.15) is 23.5 Å². The van der Waals surface area contributed by atoms with Crippen LogP contribution < -0.4 is 5.32 Å². The average Bonchev–Trinajstić information content (AvgIpc) is 3.20. The molecule has 1 atom stereocenters. The summed E-state index contributed by atoms with van der Waals surface area (Å²) in [6, 6.07) is 6.97. The van der Waals surface area contributed by atoms with Crippen LogP contribution in [0.1, 0.15) is 29.1 Å². The normalized spacial score (nSPS) is 15.3. The van der Waals surface area contributed by atoms with Crippen LogP contribution in [-0.4, -0.2) is 57.0 Å². The van der Waals surface area contributed by atoms with Crippen LogP contribution in [0.25, 0.3) is 21.8 Å². The number of ether oxygens (including phenoxy) is 1. The van der Waals surface area contributed by atoms with E-state index >= 15 is 0 Å². The number of H-pyrrole nitrogens is 1. The quantitative estimate of drug-likeness (QED) is 0.485. The summed E-state index contributed by atoms with van der Waals surface area (Å²) in [5, 5.41) is 5.35. The van der Waals surface area contributed by atoms with Crippen molar-refractivity contribution in [2.75, 3.05) is 31.6 Å².